The molecule has 166 valence electrons. The number of nitrogens with two attached hydrogens (primary N) is 1. The molecule has 1 saturated heterocycles. The largest absolute Gasteiger partial charge is 0.329 e. The maximum atomic E-state index is 12.6. The van der Waals surface area contributed by atoms with Gasteiger partial charge in [0.2, 0.25) is 0 Å². The quantitative estimate of drug-likeness (QED) is 0.180. The van der Waals surface area contributed by atoms with Crippen LogP contribution >= 0.6 is 0 Å². The number of nitriles is 3. The third-order valence-electron chi connectivity index (χ3n) is 4.88. The highest BCUT2D eigenvalue weighted by molar-refractivity contribution is 5.76. The Hall–Kier alpha value is -2.46. The van der Waals surface area contributed by atoms with E-state index < -0.39 is 0 Å². The van der Waals surface area contributed by atoms with Crippen LogP contribution in [0.5, 0.6) is 0 Å². The molecule has 0 bridgehead atoms. The van der Waals surface area contributed by atoms with Crippen molar-refractivity contribution >= 4 is 6.03 Å². The second-order valence-corrected chi connectivity index (χ2v) is 7.00. The van der Waals surface area contributed by atoms with Crippen LogP contribution in [-0.4, -0.2) is 124 Å². The van der Waals surface area contributed by atoms with Crippen molar-refractivity contribution in [3.63, 3.8) is 0 Å². The Morgan fingerprint density at radius 3 is 2.13 bits per heavy atom. The number of nitrogens with zero attached hydrogens (tertiary/aromatic N) is 7. The first kappa shape index (κ1) is 25.6. The number of rotatable bonds is 17. The lowest BCUT2D eigenvalue weighted by Gasteiger charge is -2.27. The van der Waals surface area contributed by atoms with Crippen molar-refractivity contribution in [3.05, 3.63) is 0 Å². The van der Waals surface area contributed by atoms with E-state index in [0.29, 0.717) is 58.9 Å². The predicted octanol–water partition coefficient (Wildman–Crippen LogP) is -1.96. The molecule has 4 N–H and O–H groups in total. The molecule has 0 aromatic carbocycles. The van der Waals surface area contributed by atoms with Gasteiger partial charge >= 0.3 is 6.03 Å². The minimum absolute atomic E-state index is 0.0580. The Bertz CT molecular complexity index is 592. The van der Waals surface area contributed by atoms with Crippen molar-refractivity contribution in [2.75, 3.05) is 98.2 Å². The van der Waals surface area contributed by atoms with Crippen LogP contribution in [0.2, 0.25) is 0 Å². The summed E-state index contributed by atoms with van der Waals surface area (Å²) in [4.78, 5) is 20.3. The SMILES string of the molecule is N#CCNCCN(CCN(CC#N)CC#N)CCN1CCN(CCNCCN)C1=O. The summed E-state index contributed by atoms with van der Waals surface area (Å²) in [6, 6.07) is 6.29. The van der Waals surface area contributed by atoms with Crippen molar-refractivity contribution in [2.45, 2.75) is 0 Å². The van der Waals surface area contributed by atoms with Gasteiger partial charge in [-0.1, -0.05) is 0 Å². The van der Waals surface area contributed by atoms with E-state index >= 15 is 0 Å². The fourth-order valence-electron chi connectivity index (χ4n) is 3.16. The Morgan fingerprint density at radius 2 is 1.50 bits per heavy atom. The third-order valence-corrected chi connectivity index (χ3v) is 4.88. The number of carbonyl (C=O) groups excluding carboxylic acids is 1. The summed E-state index contributed by atoms with van der Waals surface area (Å²) >= 11 is 0. The van der Waals surface area contributed by atoms with Crippen molar-refractivity contribution < 1.29 is 4.79 Å². The molecule has 0 radical (unpaired) electrons. The van der Waals surface area contributed by atoms with E-state index in [2.05, 4.69) is 33.7 Å². The number of hydrogen-bond acceptors (Lipinski definition) is 9. The van der Waals surface area contributed by atoms with Crippen LogP contribution in [0.25, 0.3) is 0 Å². The maximum absolute atomic E-state index is 12.6. The van der Waals surface area contributed by atoms with Crippen molar-refractivity contribution in [2.24, 2.45) is 5.73 Å². The molecule has 1 aliphatic rings. The average Bonchev–Trinajstić information content (AvgIpc) is 3.09. The molecule has 1 heterocycles. The first-order valence-electron chi connectivity index (χ1n) is 10.4. The molecule has 0 spiro atoms. The molecular weight excluding hydrogens is 384 g/mol. The molecule has 0 atom stereocenters. The normalized spacial score (nSPS) is 13.7. The van der Waals surface area contributed by atoms with Gasteiger partial charge in [-0.3, -0.25) is 9.80 Å². The van der Waals surface area contributed by atoms with Gasteiger partial charge in [0.15, 0.2) is 0 Å². The van der Waals surface area contributed by atoms with Gasteiger partial charge in [0.05, 0.1) is 37.8 Å². The Labute approximate surface area is 179 Å². The second-order valence-electron chi connectivity index (χ2n) is 7.00. The van der Waals surface area contributed by atoms with Gasteiger partial charge in [0.1, 0.15) is 0 Å². The second kappa shape index (κ2) is 16.3. The molecule has 1 rings (SSSR count). The van der Waals surface area contributed by atoms with E-state index in [1.807, 2.05) is 9.80 Å². The maximum Gasteiger partial charge on any atom is 0.320 e. The molecule has 0 aromatic rings. The summed E-state index contributed by atoms with van der Waals surface area (Å²) in [6.45, 7) is 8.91. The first-order valence-corrected chi connectivity index (χ1v) is 10.4. The van der Waals surface area contributed by atoms with E-state index in [-0.39, 0.29) is 19.1 Å². The summed E-state index contributed by atoms with van der Waals surface area (Å²) in [5.74, 6) is 0. The van der Waals surface area contributed by atoms with Gasteiger partial charge < -0.3 is 26.2 Å². The molecule has 1 fully saturated rings. The predicted molar refractivity (Wildman–Crippen MR) is 113 cm³/mol. The van der Waals surface area contributed by atoms with Crippen LogP contribution in [0, 0.1) is 34.0 Å². The summed E-state index contributed by atoms with van der Waals surface area (Å²) in [7, 11) is 0. The smallest absolute Gasteiger partial charge is 0.320 e. The zero-order valence-electron chi connectivity index (χ0n) is 17.7. The van der Waals surface area contributed by atoms with Crippen LogP contribution in [-0.2, 0) is 0 Å². The third kappa shape index (κ3) is 10.4. The molecule has 11 heteroatoms. The van der Waals surface area contributed by atoms with Crippen LogP contribution < -0.4 is 16.4 Å². The lowest BCUT2D eigenvalue weighted by atomic mass is 10.3. The van der Waals surface area contributed by atoms with E-state index in [9.17, 15) is 4.79 Å². The molecule has 30 heavy (non-hydrogen) atoms. The molecular formula is C19H34N10O. The molecule has 0 unspecified atom stereocenters. The highest BCUT2D eigenvalue weighted by Gasteiger charge is 2.27. The number of hydrogen-bond donors (Lipinski definition) is 3. The fraction of sp³-hybridized carbons (Fsp3) is 0.789. The van der Waals surface area contributed by atoms with Crippen molar-refractivity contribution in [1.82, 2.24) is 30.2 Å². The highest BCUT2D eigenvalue weighted by Crippen LogP contribution is 2.08. The number of carbonyl (C=O) groups is 1. The van der Waals surface area contributed by atoms with E-state index in [1.165, 1.54) is 0 Å². The lowest BCUT2D eigenvalue weighted by Crippen LogP contribution is -2.44. The summed E-state index contributed by atoms with van der Waals surface area (Å²) < 4.78 is 0. The van der Waals surface area contributed by atoms with Gasteiger partial charge in [-0.2, -0.15) is 15.8 Å². The van der Waals surface area contributed by atoms with Crippen molar-refractivity contribution in [3.8, 4) is 18.2 Å². The molecule has 1 aliphatic heterocycles. The zero-order chi connectivity index (χ0) is 22.0. The molecule has 0 aliphatic carbocycles. The average molecular weight is 419 g/mol. The Balaban J connectivity index is 2.47. The lowest BCUT2D eigenvalue weighted by molar-refractivity contribution is 0.177. The summed E-state index contributed by atoms with van der Waals surface area (Å²) in [6.07, 6.45) is 0. The van der Waals surface area contributed by atoms with Gasteiger partial charge in [-0.15, -0.1) is 0 Å². The topological polar surface area (TPSA) is 151 Å². The Kier molecular flexibility index (Phi) is 13.9. The van der Waals surface area contributed by atoms with Gasteiger partial charge in [-0.05, 0) is 0 Å². The van der Waals surface area contributed by atoms with Crippen LogP contribution in [0.15, 0.2) is 0 Å². The zero-order valence-corrected chi connectivity index (χ0v) is 17.7. The summed E-state index contributed by atoms with van der Waals surface area (Å²) in [5.41, 5.74) is 5.46. The van der Waals surface area contributed by atoms with E-state index in [0.717, 1.165) is 26.2 Å². The monoisotopic (exact) mass is 418 g/mol. The first-order chi connectivity index (χ1) is 14.7. The molecule has 0 aromatic heterocycles. The van der Waals surface area contributed by atoms with Crippen molar-refractivity contribution in [1.29, 1.82) is 15.8 Å². The fourth-order valence-corrected chi connectivity index (χ4v) is 3.16. The minimum Gasteiger partial charge on any atom is -0.329 e. The Morgan fingerprint density at radius 1 is 0.833 bits per heavy atom. The van der Waals surface area contributed by atoms with Crippen LogP contribution in [0.3, 0.4) is 0 Å². The standard InChI is InChI=1S/C19H34N10O/c20-1-5-24-7-11-27(14-13-26(9-3-22)10-4-23)15-16-29-18-17-28(19(29)30)12-8-25-6-2-21/h24-25H,2,5-18,21H2. The molecule has 11 nitrogen and oxygen atoms in total. The number of nitrogens with one attached hydrogen (secondary N) is 2. The van der Waals surface area contributed by atoms with Crippen LogP contribution in [0.1, 0.15) is 0 Å². The van der Waals surface area contributed by atoms with E-state index in [1.54, 1.807) is 4.90 Å². The number of urea groups is 1. The van der Waals surface area contributed by atoms with Gasteiger partial charge in [-0.25, -0.2) is 4.79 Å². The van der Waals surface area contributed by atoms with Gasteiger partial charge in [0, 0.05) is 78.5 Å². The molecule has 2 amide bonds. The number of amides is 2. The minimum atomic E-state index is 0.0580. The van der Waals surface area contributed by atoms with E-state index in [4.69, 9.17) is 21.5 Å². The van der Waals surface area contributed by atoms with Crippen LogP contribution in [0.4, 0.5) is 4.79 Å². The molecule has 0 saturated carbocycles. The summed E-state index contributed by atoms with van der Waals surface area (Å²) in [5, 5.41) is 32.7. The van der Waals surface area contributed by atoms with Gasteiger partial charge in [0.25, 0.3) is 0 Å². The highest BCUT2D eigenvalue weighted by atomic mass is 16.2.